The number of nitrogens with zero attached hydrogens (tertiary/aromatic N) is 1. The minimum Gasteiger partial charge on any atom is -0.327 e. The molecule has 106 valence electrons. The van der Waals surface area contributed by atoms with Gasteiger partial charge in [0.05, 0.1) is 9.82 Å². The van der Waals surface area contributed by atoms with Crippen LogP contribution in [0.15, 0.2) is 23.1 Å². The fourth-order valence-electron chi connectivity index (χ4n) is 1.60. The number of hydrogen-bond acceptors (Lipinski definition) is 5. The van der Waals surface area contributed by atoms with Crippen LogP contribution in [-0.4, -0.2) is 26.4 Å². The smallest absolute Gasteiger partial charge is 0.273 e. The van der Waals surface area contributed by atoms with E-state index in [4.69, 9.17) is 5.73 Å². The number of sulfonamides is 1. The summed E-state index contributed by atoms with van der Waals surface area (Å²) in [5.74, 6) is 0. The molecule has 0 fully saturated rings. The van der Waals surface area contributed by atoms with E-state index in [1.54, 1.807) is 0 Å². The van der Waals surface area contributed by atoms with E-state index in [9.17, 15) is 18.5 Å². The minimum absolute atomic E-state index is 0.129. The lowest BCUT2D eigenvalue weighted by atomic mass is 10.0. The standard InChI is InChI=1S/C11H17N3O4S/c1-3-9(12)6-8-4-5-10(19(17,18)13-2)7-11(8)14(15)16/h4-5,7,9,13H,3,6,12H2,1-2H3. The maximum absolute atomic E-state index is 11.6. The van der Waals surface area contributed by atoms with Crippen LogP contribution in [0.25, 0.3) is 0 Å². The number of rotatable bonds is 6. The van der Waals surface area contributed by atoms with E-state index in [1.165, 1.54) is 19.2 Å². The van der Waals surface area contributed by atoms with Crippen LogP contribution in [0.3, 0.4) is 0 Å². The lowest BCUT2D eigenvalue weighted by Gasteiger charge is -2.10. The van der Waals surface area contributed by atoms with Crippen molar-refractivity contribution in [1.82, 2.24) is 4.72 Å². The second kappa shape index (κ2) is 6.09. The molecule has 0 spiro atoms. The molecule has 0 aliphatic rings. The summed E-state index contributed by atoms with van der Waals surface area (Å²) >= 11 is 0. The Balaban J connectivity index is 3.27. The monoisotopic (exact) mass is 287 g/mol. The lowest BCUT2D eigenvalue weighted by molar-refractivity contribution is -0.385. The average Bonchev–Trinajstić information content (AvgIpc) is 2.38. The molecule has 0 radical (unpaired) electrons. The number of benzene rings is 1. The molecule has 0 aliphatic carbocycles. The van der Waals surface area contributed by atoms with Crippen molar-refractivity contribution in [2.75, 3.05) is 7.05 Å². The van der Waals surface area contributed by atoms with E-state index in [0.29, 0.717) is 18.4 Å². The van der Waals surface area contributed by atoms with Crippen molar-refractivity contribution >= 4 is 15.7 Å². The van der Waals surface area contributed by atoms with E-state index < -0.39 is 14.9 Å². The van der Waals surface area contributed by atoms with Crippen LogP contribution in [0.2, 0.25) is 0 Å². The first-order valence-corrected chi connectivity index (χ1v) is 7.26. The molecule has 0 saturated carbocycles. The maximum Gasteiger partial charge on any atom is 0.273 e. The molecule has 0 bridgehead atoms. The lowest BCUT2D eigenvalue weighted by Crippen LogP contribution is -2.22. The van der Waals surface area contributed by atoms with E-state index >= 15 is 0 Å². The molecule has 8 heteroatoms. The predicted molar refractivity (Wildman–Crippen MR) is 71.3 cm³/mol. The van der Waals surface area contributed by atoms with Crippen molar-refractivity contribution in [1.29, 1.82) is 0 Å². The Labute approximate surface area is 112 Å². The molecule has 0 heterocycles. The molecule has 0 amide bonds. The van der Waals surface area contributed by atoms with Gasteiger partial charge in [0.1, 0.15) is 0 Å². The molecule has 1 aromatic rings. The quantitative estimate of drug-likeness (QED) is 0.592. The van der Waals surface area contributed by atoms with Crippen LogP contribution in [-0.2, 0) is 16.4 Å². The van der Waals surface area contributed by atoms with Crippen LogP contribution in [0, 0.1) is 10.1 Å². The van der Waals surface area contributed by atoms with Gasteiger partial charge in [-0.2, -0.15) is 0 Å². The summed E-state index contributed by atoms with van der Waals surface area (Å²) in [7, 11) is -2.44. The SMILES string of the molecule is CCC(N)Cc1ccc(S(=O)(=O)NC)cc1[N+](=O)[O-]. The normalized spacial score (nSPS) is 13.2. The number of nitrogens with one attached hydrogen (secondary N) is 1. The second-order valence-corrected chi connectivity index (χ2v) is 6.01. The zero-order valence-corrected chi connectivity index (χ0v) is 11.6. The summed E-state index contributed by atoms with van der Waals surface area (Å²) in [6.45, 7) is 1.89. The maximum atomic E-state index is 11.6. The van der Waals surface area contributed by atoms with Gasteiger partial charge in [-0.1, -0.05) is 13.0 Å². The molecule has 1 rings (SSSR count). The van der Waals surface area contributed by atoms with Gasteiger partial charge in [-0.25, -0.2) is 13.1 Å². The third kappa shape index (κ3) is 3.72. The van der Waals surface area contributed by atoms with Crippen LogP contribution >= 0.6 is 0 Å². The van der Waals surface area contributed by atoms with Crippen LogP contribution < -0.4 is 10.5 Å². The Kier molecular flexibility index (Phi) is 4.98. The molecule has 7 nitrogen and oxygen atoms in total. The van der Waals surface area contributed by atoms with Crippen LogP contribution in [0.4, 0.5) is 5.69 Å². The highest BCUT2D eigenvalue weighted by molar-refractivity contribution is 7.89. The van der Waals surface area contributed by atoms with Gasteiger partial charge >= 0.3 is 0 Å². The zero-order chi connectivity index (χ0) is 14.6. The first-order chi connectivity index (χ1) is 8.81. The molecule has 19 heavy (non-hydrogen) atoms. The summed E-state index contributed by atoms with van der Waals surface area (Å²) < 4.78 is 25.3. The van der Waals surface area contributed by atoms with Crippen LogP contribution in [0.1, 0.15) is 18.9 Å². The van der Waals surface area contributed by atoms with Gasteiger partial charge in [0.15, 0.2) is 0 Å². The molecule has 0 aromatic heterocycles. The highest BCUT2D eigenvalue weighted by atomic mass is 32.2. The van der Waals surface area contributed by atoms with Crippen molar-refractivity contribution in [2.45, 2.75) is 30.7 Å². The summed E-state index contributed by atoms with van der Waals surface area (Å²) in [4.78, 5) is 10.3. The van der Waals surface area contributed by atoms with E-state index in [2.05, 4.69) is 4.72 Å². The third-order valence-corrected chi connectivity index (χ3v) is 4.25. The Bertz CT molecular complexity index is 571. The molecule has 3 N–H and O–H groups in total. The van der Waals surface area contributed by atoms with Crippen molar-refractivity contribution in [2.24, 2.45) is 5.73 Å². The predicted octanol–water partition coefficient (Wildman–Crippen LogP) is 0.783. The average molecular weight is 287 g/mol. The number of nitrogens with two attached hydrogens (primary N) is 1. The molecule has 0 aliphatic heterocycles. The zero-order valence-electron chi connectivity index (χ0n) is 10.8. The first-order valence-electron chi connectivity index (χ1n) is 5.78. The largest absolute Gasteiger partial charge is 0.327 e. The molecule has 1 unspecified atom stereocenters. The Morgan fingerprint density at radius 2 is 2.11 bits per heavy atom. The topological polar surface area (TPSA) is 115 Å². The van der Waals surface area contributed by atoms with Gasteiger partial charge in [-0.05, 0) is 26.0 Å². The van der Waals surface area contributed by atoms with Crippen molar-refractivity contribution in [3.05, 3.63) is 33.9 Å². The third-order valence-electron chi connectivity index (χ3n) is 2.84. The van der Waals surface area contributed by atoms with Crippen molar-refractivity contribution in [3.8, 4) is 0 Å². The van der Waals surface area contributed by atoms with Gasteiger partial charge in [0, 0.05) is 17.7 Å². The molecule has 1 aromatic carbocycles. The Hall–Kier alpha value is -1.51. The van der Waals surface area contributed by atoms with Crippen LogP contribution in [0.5, 0.6) is 0 Å². The Morgan fingerprint density at radius 3 is 2.58 bits per heavy atom. The van der Waals surface area contributed by atoms with Gasteiger partial charge < -0.3 is 5.73 Å². The summed E-state index contributed by atoms with van der Waals surface area (Å²) in [6, 6.07) is 3.66. The van der Waals surface area contributed by atoms with E-state index in [-0.39, 0.29) is 16.6 Å². The first kappa shape index (κ1) is 15.5. The molecular formula is C11H17N3O4S. The van der Waals surface area contributed by atoms with E-state index in [1.807, 2.05) is 6.92 Å². The van der Waals surface area contributed by atoms with Gasteiger partial charge in [-0.3, -0.25) is 10.1 Å². The summed E-state index contributed by atoms with van der Waals surface area (Å²) in [6.07, 6.45) is 1.03. The summed E-state index contributed by atoms with van der Waals surface area (Å²) in [5, 5.41) is 11.0. The van der Waals surface area contributed by atoms with Gasteiger partial charge in [-0.15, -0.1) is 0 Å². The Morgan fingerprint density at radius 1 is 1.47 bits per heavy atom. The molecular weight excluding hydrogens is 270 g/mol. The highest BCUT2D eigenvalue weighted by Gasteiger charge is 2.21. The van der Waals surface area contributed by atoms with Crippen molar-refractivity contribution < 1.29 is 13.3 Å². The number of nitro benzene ring substituents is 1. The summed E-state index contributed by atoms with van der Waals surface area (Å²) in [5.41, 5.74) is 5.99. The fraction of sp³-hybridized carbons (Fsp3) is 0.455. The fourth-order valence-corrected chi connectivity index (χ4v) is 2.35. The number of nitro groups is 1. The van der Waals surface area contributed by atoms with E-state index in [0.717, 1.165) is 6.07 Å². The van der Waals surface area contributed by atoms with Crippen molar-refractivity contribution in [3.63, 3.8) is 0 Å². The van der Waals surface area contributed by atoms with Gasteiger partial charge in [0.2, 0.25) is 10.0 Å². The highest BCUT2D eigenvalue weighted by Crippen LogP contribution is 2.24. The molecule has 0 saturated heterocycles. The second-order valence-electron chi connectivity index (χ2n) is 4.13. The number of hydrogen-bond donors (Lipinski definition) is 2. The molecule has 1 atom stereocenters. The van der Waals surface area contributed by atoms with Gasteiger partial charge in [0.25, 0.3) is 5.69 Å². The minimum atomic E-state index is -3.69.